The second-order valence-electron chi connectivity index (χ2n) is 5.39. The summed E-state index contributed by atoms with van der Waals surface area (Å²) in [5.74, 6) is 1.85. The van der Waals surface area contributed by atoms with Crippen molar-refractivity contribution in [3.05, 3.63) is 29.8 Å². The molecule has 1 saturated carbocycles. The normalized spacial score (nSPS) is 17.9. The highest BCUT2D eigenvalue weighted by Gasteiger charge is 2.20. The lowest BCUT2D eigenvalue weighted by Gasteiger charge is -2.20. The largest absolute Gasteiger partial charge is 0.497 e. The van der Waals surface area contributed by atoms with Gasteiger partial charge in [-0.15, -0.1) is 0 Å². The maximum absolute atomic E-state index is 5.24. The molecule has 1 aliphatic carbocycles. The molecule has 1 N–H and O–H groups in total. The fraction of sp³-hybridized carbons (Fsp3) is 0.625. The molecule has 0 heterocycles. The van der Waals surface area contributed by atoms with Gasteiger partial charge in [-0.2, -0.15) is 0 Å². The Hall–Kier alpha value is -1.02. The van der Waals surface area contributed by atoms with Crippen LogP contribution in [0.1, 0.15) is 38.2 Å². The van der Waals surface area contributed by atoms with Crippen LogP contribution in [0.3, 0.4) is 0 Å². The highest BCUT2D eigenvalue weighted by molar-refractivity contribution is 5.28. The molecule has 18 heavy (non-hydrogen) atoms. The first-order chi connectivity index (χ1) is 8.79. The fourth-order valence-corrected chi connectivity index (χ4v) is 2.90. The number of rotatable bonds is 6. The lowest BCUT2D eigenvalue weighted by Crippen LogP contribution is -2.33. The molecule has 1 aliphatic rings. The van der Waals surface area contributed by atoms with Gasteiger partial charge in [0.15, 0.2) is 0 Å². The molecule has 2 rings (SSSR count). The average molecular weight is 247 g/mol. The summed E-state index contributed by atoms with van der Waals surface area (Å²) in [5, 5.41) is 3.67. The van der Waals surface area contributed by atoms with E-state index in [2.05, 4.69) is 30.4 Å². The Morgan fingerprint density at radius 2 is 2.11 bits per heavy atom. The van der Waals surface area contributed by atoms with Crippen LogP contribution in [0.5, 0.6) is 5.75 Å². The zero-order chi connectivity index (χ0) is 12.8. The van der Waals surface area contributed by atoms with Gasteiger partial charge in [0, 0.05) is 6.04 Å². The summed E-state index contributed by atoms with van der Waals surface area (Å²) in [6, 6.07) is 9.03. The van der Waals surface area contributed by atoms with Crippen LogP contribution in [-0.4, -0.2) is 19.7 Å². The molecule has 0 amide bonds. The predicted octanol–water partition coefficient (Wildman–Crippen LogP) is 3.41. The van der Waals surface area contributed by atoms with E-state index in [1.807, 2.05) is 6.07 Å². The van der Waals surface area contributed by atoms with E-state index in [0.717, 1.165) is 24.6 Å². The zero-order valence-corrected chi connectivity index (χ0v) is 11.6. The van der Waals surface area contributed by atoms with E-state index in [1.165, 1.54) is 31.2 Å². The lowest BCUT2D eigenvalue weighted by atomic mass is 9.99. The first kappa shape index (κ1) is 13.4. The smallest absolute Gasteiger partial charge is 0.119 e. The van der Waals surface area contributed by atoms with Gasteiger partial charge >= 0.3 is 0 Å². The van der Waals surface area contributed by atoms with E-state index >= 15 is 0 Å². The fourth-order valence-electron chi connectivity index (χ4n) is 2.90. The zero-order valence-electron chi connectivity index (χ0n) is 11.6. The summed E-state index contributed by atoms with van der Waals surface area (Å²) in [5.41, 5.74) is 1.35. The quantitative estimate of drug-likeness (QED) is 0.832. The maximum Gasteiger partial charge on any atom is 0.119 e. The van der Waals surface area contributed by atoms with Gasteiger partial charge in [-0.1, -0.05) is 25.0 Å². The van der Waals surface area contributed by atoms with Crippen molar-refractivity contribution in [3.8, 4) is 5.75 Å². The monoisotopic (exact) mass is 247 g/mol. The standard InChI is InChI=1S/C16H25NO/c1-13(15-7-3-4-8-15)17-11-10-14-6-5-9-16(12-14)18-2/h5-6,9,12-13,15,17H,3-4,7-8,10-11H2,1-2H3. The van der Waals surface area contributed by atoms with Crippen LogP contribution >= 0.6 is 0 Å². The second kappa shape index (κ2) is 6.79. The Balaban J connectivity index is 1.73. The molecule has 0 radical (unpaired) electrons. The van der Waals surface area contributed by atoms with Crippen molar-refractivity contribution in [1.82, 2.24) is 5.32 Å². The van der Waals surface area contributed by atoms with Crippen molar-refractivity contribution in [2.24, 2.45) is 5.92 Å². The highest BCUT2D eigenvalue weighted by atomic mass is 16.5. The third-order valence-corrected chi connectivity index (χ3v) is 4.12. The molecule has 1 aromatic carbocycles. The number of benzene rings is 1. The Kier molecular flexibility index (Phi) is 5.06. The van der Waals surface area contributed by atoms with Gasteiger partial charge in [-0.3, -0.25) is 0 Å². The van der Waals surface area contributed by atoms with Crippen molar-refractivity contribution < 1.29 is 4.74 Å². The molecule has 0 spiro atoms. The Morgan fingerprint density at radius 1 is 1.33 bits per heavy atom. The van der Waals surface area contributed by atoms with Crippen LogP contribution in [0.4, 0.5) is 0 Å². The maximum atomic E-state index is 5.24. The summed E-state index contributed by atoms with van der Waals surface area (Å²) in [6.07, 6.45) is 6.74. The molecule has 2 heteroatoms. The van der Waals surface area contributed by atoms with Gasteiger partial charge in [0.1, 0.15) is 5.75 Å². The number of nitrogens with one attached hydrogen (secondary N) is 1. The Morgan fingerprint density at radius 3 is 2.83 bits per heavy atom. The predicted molar refractivity (Wildman–Crippen MR) is 76.1 cm³/mol. The summed E-state index contributed by atoms with van der Waals surface area (Å²) in [4.78, 5) is 0. The van der Waals surface area contributed by atoms with Gasteiger partial charge in [0.05, 0.1) is 7.11 Å². The van der Waals surface area contributed by atoms with E-state index in [9.17, 15) is 0 Å². The van der Waals surface area contributed by atoms with Gasteiger partial charge in [0.2, 0.25) is 0 Å². The minimum Gasteiger partial charge on any atom is -0.497 e. The van der Waals surface area contributed by atoms with E-state index < -0.39 is 0 Å². The summed E-state index contributed by atoms with van der Waals surface area (Å²) < 4.78 is 5.24. The topological polar surface area (TPSA) is 21.3 Å². The molecular formula is C16H25NO. The first-order valence-corrected chi connectivity index (χ1v) is 7.16. The van der Waals surface area contributed by atoms with E-state index in [-0.39, 0.29) is 0 Å². The van der Waals surface area contributed by atoms with Crippen LogP contribution in [0.2, 0.25) is 0 Å². The third kappa shape index (κ3) is 3.74. The number of hydrogen-bond donors (Lipinski definition) is 1. The minimum atomic E-state index is 0.665. The molecule has 1 fully saturated rings. The van der Waals surface area contributed by atoms with Gasteiger partial charge < -0.3 is 10.1 Å². The van der Waals surface area contributed by atoms with Gasteiger partial charge in [-0.05, 0) is 56.3 Å². The first-order valence-electron chi connectivity index (χ1n) is 7.16. The third-order valence-electron chi connectivity index (χ3n) is 4.12. The van der Waals surface area contributed by atoms with Crippen LogP contribution in [0.25, 0.3) is 0 Å². The molecular weight excluding hydrogens is 222 g/mol. The average Bonchev–Trinajstić information content (AvgIpc) is 2.93. The van der Waals surface area contributed by atoms with Crippen LogP contribution in [-0.2, 0) is 6.42 Å². The molecule has 2 nitrogen and oxygen atoms in total. The van der Waals surface area contributed by atoms with Crippen LogP contribution in [0, 0.1) is 5.92 Å². The van der Waals surface area contributed by atoms with Crippen LogP contribution < -0.4 is 10.1 Å². The Labute approximate surface area is 111 Å². The molecule has 1 unspecified atom stereocenters. The van der Waals surface area contributed by atoms with Crippen molar-refractivity contribution in [1.29, 1.82) is 0 Å². The molecule has 0 bridgehead atoms. The SMILES string of the molecule is COc1cccc(CCNC(C)C2CCCC2)c1. The van der Waals surface area contributed by atoms with Crippen molar-refractivity contribution in [2.45, 2.75) is 45.1 Å². The molecule has 100 valence electrons. The molecule has 1 aromatic rings. The summed E-state index contributed by atoms with van der Waals surface area (Å²) in [7, 11) is 1.72. The van der Waals surface area contributed by atoms with Crippen molar-refractivity contribution in [2.75, 3.05) is 13.7 Å². The molecule has 1 atom stereocenters. The molecule has 0 aromatic heterocycles. The molecule has 0 saturated heterocycles. The minimum absolute atomic E-state index is 0.665. The Bertz CT molecular complexity index is 358. The van der Waals surface area contributed by atoms with Crippen molar-refractivity contribution in [3.63, 3.8) is 0 Å². The summed E-state index contributed by atoms with van der Waals surface area (Å²) in [6.45, 7) is 3.40. The van der Waals surface area contributed by atoms with Crippen LogP contribution in [0.15, 0.2) is 24.3 Å². The lowest BCUT2D eigenvalue weighted by molar-refractivity contribution is 0.383. The summed E-state index contributed by atoms with van der Waals surface area (Å²) >= 11 is 0. The van der Waals surface area contributed by atoms with Gasteiger partial charge in [0.25, 0.3) is 0 Å². The van der Waals surface area contributed by atoms with Gasteiger partial charge in [-0.25, -0.2) is 0 Å². The number of ether oxygens (including phenoxy) is 1. The highest BCUT2D eigenvalue weighted by Crippen LogP contribution is 2.27. The second-order valence-corrected chi connectivity index (χ2v) is 5.39. The number of hydrogen-bond acceptors (Lipinski definition) is 2. The van der Waals surface area contributed by atoms with E-state index in [1.54, 1.807) is 7.11 Å². The number of methoxy groups -OCH3 is 1. The van der Waals surface area contributed by atoms with Crippen molar-refractivity contribution >= 4 is 0 Å². The molecule has 0 aliphatic heterocycles. The van der Waals surface area contributed by atoms with E-state index in [0.29, 0.717) is 6.04 Å². The van der Waals surface area contributed by atoms with E-state index in [4.69, 9.17) is 4.74 Å².